The monoisotopic (exact) mass is 347 g/mol. The molecule has 0 saturated carbocycles. The zero-order valence-corrected chi connectivity index (χ0v) is 14.4. The minimum atomic E-state index is -0.103. The van der Waals surface area contributed by atoms with Gasteiger partial charge in [0.25, 0.3) is 5.91 Å². The van der Waals surface area contributed by atoms with Gasteiger partial charge in [0, 0.05) is 30.7 Å². The molecule has 128 valence electrons. The van der Waals surface area contributed by atoms with Crippen LogP contribution in [0.15, 0.2) is 35.8 Å². The first-order valence-corrected chi connectivity index (χ1v) is 8.84. The van der Waals surface area contributed by atoms with Crippen molar-refractivity contribution in [2.24, 2.45) is 0 Å². The number of nitrogens with one attached hydrogen (secondary N) is 1. The SMILES string of the molecule is COc1ccccc1OCC(=O)NC1CCN(c2nccs2)CC1. The molecule has 1 aromatic heterocycles. The van der Waals surface area contributed by atoms with E-state index in [1.807, 2.05) is 29.8 Å². The van der Waals surface area contributed by atoms with Gasteiger partial charge < -0.3 is 19.7 Å². The van der Waals surface area contributed by atoms with Gasteiger partial charge in [0.2, 0.25) is 0 Å². The number of aromatic nitrogens is 1. The van der Waals surface area contributed by atoms with Crippen molar-refractivity contribution in [3.8, 4) is 11.5 Å². The summed E-state index contributed by atoms with van der Waals surface area (Å²) in [6, 6.07) is 7.50. The van der Waals surface area contributed by atoms with Crippen molar-refractivity contribution in [1.29, 1.82) is 0 Å². The van der Waals surface area contributed by atoms with Crippen LogP contribution in [0.3, 0.4) is 0 Å². The summed E-state index contributed by atoms with van der Waals surface area (Å²) in [5, 5.41) is 6.08. The molecule has 1 aromatic carbocycles. The van der Waals surface area contributed by atoms with Gasteiger partial charge in [0.15, 0.2) is 23.2 Å². The molecule has 7 heteroatoms. The van der Waals surface area contributed by atoms with Gasteiger partial charge in [-0.3, -0.25) is 4.79 Å². The first-order valence-electron chi connectivity index (χ1n) is 7.96. The number of hydrogen-bond donors (Lipinski definition) is 1. The van der Waals surface area contributed by atoms with Crippen LogP contribution < -0.4 is 19.7 Å². The predicted octanol–water partition coefficient (Wildman–Crippen LogP) is 2.32. The third-order valence-corrected chi connectivity index (χ3v) is 4.81. The number of para-hydroxylation sites is 2. The highest BCUT2D eigenvalue weighted by Crippen LogP contribution is 2.25. The van der Waals surface area contributed by atoms with Crippen molar-refractivity contribution >= 4 is 22.4 Å². The summed E-state index contributed by atoms with van der Waals surface area (Å²) >= 11 is 1.65. The Morgan fingerprint density at radius 2 is 2.08 bits per heavy atom. The lowest BCUT2D eigenvalue weighted by molar-refractivity contribution is -0.123. The Bertz CT molecular complexity index is 655. The van der Waals surface area contributed by atoms with Crippen LogP contribution >= 0.6 is 11.3 Å². The first-order chi connectivity index (χ1) is 11.8. The number of anilines is 1. The molecule has 2 aromatic rings. The molecule has 0 unspecified atom stereocenters. The van der Waals surface area contributed by atoms with Gasteiger partial charge >= 0.3 is 0 Å². The summed E-state index contributed by atoms with van der Waals surface area (Å²) < 4.78 is 10.8. The van der Waals surface area contributed by atoms with Crippen molar-refractivity contribution in [3.05, 3.63) is 35.8 Å². The summed E-state index contributed by atoms with van der Waals surface area (Å²) in [5.74, 6) is 1.10. The zero-order valence-electron chi connectivity index (χ0n) is 13.6. The lowest BCUT2D eigenvalue weighted by Crippen LogP contribution is -2.46. The molecule has 6 nitrogen and oxygen atoms in total. The van der Waals surface area contributed by atoms with Crippen molar-refractivity contribution in [3.63, 3.8) is 0 Å². The average Bonchev–Trinajstić information content (AvgIpc) is 3.15. The zero-order chi connectivity index (χ0) is 16.8. The minimum Gasteiger partial charge on any atom is -0.493 e. The van der Waals surface area contributed by atoms with Crippen LogP contribution in [-0.4, -0.2) is 43.7 Å². The van der Waals surface area contributed by atoms with Crippen molar-refractivity contribution in [2.75, 3.05) is 31.7 Å². The van der Waals surface area contributed by atoms with E-state index in [9.17, 15) is 4.79 Å². The second kappa shape index (κ2) is 8.01. The fraction of sp³-hybridized carbons (Fsp3) is 0.412. The van der Waals surface area contributed by atoms with E-state index >= 15 is 0 Å². The van der Waals surface area contributed by atoms with Crippen LogP contribution in [0.4, 0.5) is 5.13 Å². The first kappa shape index (κ1) is 16.6. The van der Waals surface area contributed by atoms with E-state index in [0.29, 0.717) is 11.5 Å². The van der Waals surface area contributed by atoms with E-state index in [2.05, 4.69) is 15.2 Å². The molecule has 1 fully saturated rings. The topological polar surface area (TPSA) is 63.7 Å². The van der Waals surface area contributed by atoms with Gasteiger partial charge in [-0.25, -0.2) is 4.98 Å². The molecule has 0 spiro atoms. The van der Waals surface area contributed by atoms with E-state index < -0.39 is 0 Å². The van der Waals surface area contributed by atoms with Gasteiger partial charge in [-0.15, -0.1) is 11.3 Å². The number of ether oxygens (including phenoxy) is 2. The minimum absolute atomic E-state index is 0.00688. The van der Waals surface area contributed by atoms with Crippen molar-refractivity contribution in [2.45, 2.75) is 18.9 Å². The van der Waals surface area contributed by atoms with Gasteiger partial charge in [-0.05, 0) is 25.0 Å². The Hall–Kier alpha value is -2.28. The molecule has 1 saturated heterocycles. The third-order valence-electron chi connectivity index (χ3n) is 3.98. The maximum Gasteiger partial charge on any atom is 0.258 e. The second-order valence-electron chi connectivity index (χ2n) is 5.58. The average molecular weight is 347 g/mol. The number of thiazole rings is 1. The van der Waals surface area contributed by atoms with Crippen LogP contribution in [-0.2, 0) is 4.79 Å². The van der Waals surface area contributed by atoms with E-state index in [1.54, 1.807) is 24.5 Å². The maximum atomic E-state index is 12.1. The highest BCUT2D eigenvalue weighted by molar-refractivity contribution is 7.13. The van der Waals surface area contributed by atoms with Crippen LogP contribution in [0.1, 0.15) is 12.8 Å². The lowest BCUT2D eigenvalue weighted by atomic mass is 10.1. The number of carbonyl (C=O) groups is 1. The summed E-state index contributed by atoms with van der Waals surface area (Å²) in [7, 11) is 1.58. The van der Waals surface area contributed by atoms with Gasteiger partial charge in [-0.1, -0.05) is 12.1 Å². The molecule has 1 aliphatic rings. The number of carbonyl (C=O) groups excluding carboxylic acids is 1. The number of methoxy groups -OCH3 is 1. The summed E-state index contributed by atoms with van der Waals surface area (Å²) in [5.41, 5.74) is 0. The van der Waals surface area contributed by atoms with E-state index in [-0.39, 0.29) is 18.6 Å². The third kappa shape index (κ3) is 4.17. The number of rotatable bonds is 6. The summed E-state index contributed by atoms with van der Waals surface area (Å²) in [6.07, 6.45) is 3.66. The molecule has 0 bridgehead atoms. The fourth-order valence-corrected chi connectivity index (χ4v) is 3.43. The highest BCUT2D eigenvalue weighted by atomic mass is 32.1. The number of amides is 1. The van der Waals surface area contributed by atoms with E-state index in [1.165, 1.54) is 0 Å². The van der Waals surface area contributed by atoms with Gasteiger partial charge in [-0.2, -0.15) is 0 Å². The summed E-state index contributed by atoms with van der Waals surface area (Å²) in [6.45, 7) is 1.81. The highest BCUT2D eigenvalue weighted by Gasteiger charge is 2.22. The molecular formula is C17H21N3O3S. The standard InChI is InChI=1S/C17H21N3O3S/c1-22-14-4-2-3-5-15(14)23-12-16(21)19-13-6-9-20(10-7-13)17-18-8-11-24-17/h2-5,8,11,13H,6-7,9-10,12H2,1H3,(H,19,21). The lowest BCUT2D eigenvalue weighted by Gasteiger charge is -2.32. The number of benzene rings is 1. The smallest absolute Gasteiger partial charge is 0.258 e. The van der Waals surface area contributed by atoms with Crippen LogP contribution in [0.5, 0.6) is 11.5 Å². The van der Waals surface area contributed by atoms with Crippen LogP contribution in [0.2, 0.25) is 0 Å². The molecule has 0 atom stereocenters. The van der Waals surface area contributed by atoms with Crippen molar-refractivity contribution in [1.82, 2.24) is 10.3 Å². The Labute approximate surface area is 145 Å². The Kier molecular flexibility index (Phi) is 5.53. The molecule has 1 amide bonds. The number of piperidine rings is 1. The number of nitrogens with zero attached hydrogens (tertiary/aromatic N) is 2. The van der Waals surface area contributed by atoms with Gasteiger partial charge in [0.1, 0.15) is 0 Å². The normalized spacial score (nSPS) is 15.1. The quantitative estimate of drug-likeness (QED) is 0.869. The predicted molar refractivity (Wildman–Crippen MR) is 94.0 cm³/mol. The largest absolute Gasteiger partial charge is 0.493 e. The van der Waals surface area contributed by atoms with Crippen molar-refractivity contribution < 1.29 is 14.3 Å². The van der Waals surface area contributed by atoms with E-state index in [4.69, 9.17) is 9.47 Å². The summed E-state index contributed by atoms with van der Waals surface area (Å²) in [4.78, 5) is 18.7. The van der Waals surface area contributed by atoms with Crippen LogP contribution in [0, 0.1) is 0 Å². The van der Waals surface area contributed by atoms with E-state index in [0.717, 1.165) is 31.1 Å². The fourth-order valence-electron chi connectivity index (χ4n) is 2.74. The Morgan fingerprint density at radius 3 is 2.75 bits per heavy atom. The maximum absolute atomic E-state index is 12.1. The molecule has 0 aliphatic carbocycles. The molecule has 0 radical (unpaired) electrons. The van der Waals surface area contributed by atoms with Crippen LogP contribution in [0.25, 0.3) is 0 Å². The molecular weight excluding hydrogens is 326 g/mol. The van der Waals surface area contributed by atoms with Gasteiger partial charge in [0.05, 0.1) is 7.11 Å². The Morgan fingerprint density at radius 1 is 1.33 bits per heavy atom. The molecule has 1 N–H and O–H groups in total. The molecule has 24 heavy (non-hydrogen) atoms. The molecule has 2 heterocycles. The Balaban J connectivity index is 1.43. The second-order valence-corrected chi connectivity index (χ2v) is 6.46. The molecule has 1 aliphatic heterocycles. The molecule has 3 rings (SSSR count). The number of hydrogen-bond acceptors (Lipinski definition) is 6.